The van der Waals surface area contributed by atoms with Crippen molar-refractivity contribution in [2.24, 2.45) is 0 Å². The van der Waals surface area contributed by atoms with Crippen LogP contribution < -0.4 is 5.32 Å². The van der Waals surface area contributed by atoms with E-state index in [-0.39, 0.29) is 0 Å². The molecule has 1 atom stereocenters. The molecule has 0 radical (unpaired) electrons. The van der Waals surface area contributed by atoms with Gasteiger partial charge in [-0.15, -0.1) is 0 Å². The van der Waals surface area contributed by atoms with Gasteiger partial charge in [-0.25, -0.2) is 0 Å². The average molecular weight is 251 g/mol. The van der Waals surface area contributed by atoms with Gasteiger partial charge in [0.15, 0.2) is 0 Å². The highest BCUT2D eigenvalue weighted by Crippen LogP contribution is 2.04. The summed E-state index contributed by atoms with van der Waals surface area (Å²) < 4.78 is 0. The first-order chi connectivity index (χ1) is 9.34. The van der Waals surface area contributed by atoms with Crippen LogP contribution in [0.3, 0.4) is 0 Å². The molecule has 0 aliphatic heterocycles. The average Bonchev–Trinajstić information content (AvgIpc) is 2.47. The largest absolute Gasteiger partial charge is 0.310 e. The molecule has 1 heteroatoms. The van der Waals surface area contributed by atoms with E-state index in [1.54, 1.807) is 0 Å². The predicted octanol–water partition coefficient (Wildman–Crippen LogP) is 4.27. The molecule has 0 bridgehead atoms. The van der Waals surface area contributed by atoms with Crippen molar-refractivity contribution >= 4 is 6.08 Å². The summed E-state index contributed by atoms with van der Waals surface area (Å²) in [5, 5.41) is 3.53. The van der Waals surface area contributed by atoms with E-state index < -0.39 is 0 Å². The van der Waals surface area contributed by atoms with E-state index in [2.05, 4.69) is 79.0 Å². The summed E-state index contributed by atoms with van der Waals surface area (Å²) in [7, 11) is 0. The van der Waals surface area contributed by atoms with Crippen LogP contribution in [0.5, 0.6) is 0 Å². The van der Waals surface area contributed by atoms with Crippen LogP contribution in [0.2, 0.25) is 0 Å². The molecule has 2 rings (SSSR count). The monoisotopic (exact) mass is 251 g/mol. The molecule has 0 saturated carbocycles. The standard InChI is InChI=1S/C18H21N/c1-16(19-15-18-12-6-3-7-13-18)9-8-14-17-10-4-2-5-11-17/h2-8,10-14,16,19H,9,15H2,1H3/b14-8+. The van der Waals surface area contributed by atoms with Crippen LogP contribution in [-0.2, 0) is 6.54 Å². The highest BCUT2D eigenvalue weighted by molar-refractivity contribution is 5.48. The molecule has 0 saturated heterocycles. The summed E-state index contributed by atoms with van der Waals surface area (Å²) in [5.41, 5.74) is 2.60. The van der Waals surface area contributed by atoms with E-state index in [1.165, 1.54) is 11.1 Å². The van der Waals surface area contributed by atoms with Gasteiger partial charge in [-0.1, -0.05) is 72.8 Å². The quantitative estimate of drug-likeness (QED) is 0.808. The van der Waals surface area contributed by atoms with E-state index in [1.807, 2.05) is 6.07 Å². The van der Waals surface area contributed by atoms with Gasteiger partial charge < -0.3 is 5.32 Å². The first-order valence-electron chi connectivity index (χ1n) is 6.83. The molecule has 0 amide bonds. The lowest BCUT2D eigenvalue weighted by Crippen LogP contribution is -2.24. The Kier molecular flexibility index (Phi) is 5.39. The fraction of sp³-hybridized carbons (Fsp3) is 0.222. The molecular weight excluding hydrogens is 230 g/mol. The lowest BCUT2D eigenvalue weighted by Gasteiger charge is -2.11. The van der Waals surface area contributed by atoms with E-state index in [0.29, 0.717) is 6.04 Å². The normalized spacial score (nSPS) is 12.7. The molecule has 0 heterocycles. The number of hydrogen-bond donors (Lipinski definition) is 1. The lowest BCUT2D eigenvalue weighted by atomic mass is 10.1. The maximum atomic E-state index is 3.53. The first kappa shape index (κ1) is 13.6. The first-order valence-corrected chi connectivity index (χ1v) is 6.83. The second kappa shape index (κ2) is 7.55. The summed E-state index contributed by atoms with van der Waals surface area (Å²) >= 11 is 0. The molecule has 0 spiro atoms. The van der Waals surface area contributed by atoms with E-state index in [4.69, 9.17) is 0 Å². The van der Waals surface area contributed by atoms with Crippen molar-refractivity contribution in [3.63, 3.8) is 0 Å². The van der Waals surface area contributed by atoms with E-state index in [0.717, 1.165) is 13.0 Å². The fourth-order valence-corrected chi connectivity index (χ4v) is 1.94. The molecule has 2 aromatic rings. The Hall–Kier alpha value is -1.86. The number of rotatable bonds is 6. The number of benzene rings is 2. The van der Waals surface area contributed by atoms with Crippen molar-refractivity contribution in [2.75, 3.05) is 0 Å². The Morgan fingerprint density at radius 2 is 1.58 bits per heavy atom. The van der Waals surface area contributed by atoms with Gasteiger partial charge in [-0.05, 0) is 24.5 Å². The minimum Gasteiger partial charge on any atom is -0.310 e. The maximum Gasteiger partial charge on any atom is 0.0208 e. The minimum atomic E-state index is 0.486. The van der Waals surface area contributed by atoms with Crippen molar-refractivity contribution in [1.29, 1.82) is 0 Å². The van der Waals surface area contributed by atoms with Gasteiger partial charge in [-0.3, -0.25) is 0 Å². The Bertz CT molecular complexity index is 488. The summed E-state index contributed by atoms with van der Waals surface area (Å²) in [6, 6.07) is 21.4. The van der Waals surface area contributed by atoms with E-state index in [9.17, 15) is 0 Å². The Labute approximate surface area is 116 Å². The molecule has 98 valence electrons. The third kappa shape index (κ3) is 5.11. The second-order valence-corrected chi connectivity index (χ2v) is 4.82. The Morgan fingerprint density at radius 3 is 2.26 bits per heavy atom. The van der Waals surface area contributed by atoms with E-state index >= 15 is 0 Å². The molecule has 2 aromatic carbocycles. The molecular formula is C18H21N. The van der Waals surface area contributed by atoms with Crippen molar-refractivity contribution in [1.82, 2.24) is 5.32 Å². The summed E-state index contributed by atoms with van der Waals surface area (Å²) in [5.74, 6) is 0. The highest BCUT2D eigenvalue weighted by Gasteiger charge is 1.98. The predicted molar refractivity (Wildman–Crippen MR) is 82.8 cm³/mol. The summed E-state index contributed by atoms with van der Waals surface area (Å²) in [6.45, 7) is 3.15. The SMILES string of the molecule is CC(C/C=C/c1ccccc1)NCc1ccccc1. The highest BCUT2D eigenvalue weighted by atomic mass is 14.9. The van der Waals surface area contributed by atoms with Gasteiger partial charge in [0.25, 0.3) is 0 Å². The molecule has 0 fully saturated rings. The van der Waals surface area contributed by atoms with Crippen molar-refractivity contribution in [3.8, 4) is 0 Å². The number of hydrogen-bond acceptors (Lipinski definition) is 1. The van der Waals surface area contributed by atoms with Crippen LogP contribution in [-0.4, -0.2) is 6.04 Å². The summed E-state index contributed by atoms with van der Waals surface area (Å²) in [6.07, 6.45) is 5.46. The zero-order valence-electron chi connectivity index (χ0n) is 11.4. The zero-order valence-corrected chi connectivity index (χ0v) is 11.4. The zero-order chi connectivity index (χ0) is 13.3. The maximum absolute atomic E-state index is 3.53. The fourth-order valence-electron chi connectivity index (χ4n) is 1.94. The van der Waals surface area contributed by atoms with Crippen LogP contribution in [0.4, 0.5) is 0 Å². The Balaban J connectivity index is 1.73. The van der Waals surface area contributed by atoms with Crippen molar-refractivity contribution < 1.29 is 0 Å². The molecule has 1 unspecified atom stereocenters. The van der Waals surface area contributed by atoms with Crippen LogP contribution in [0.15, 0.2) is 66.7 Å². The van der Waals surface area contributed by atoms with Crippen molar-refractivity contribution in [2.45, 2.75) is 25.9 Å². The summed E-state index contributed by atoms with van der Waals surface area (Å²) in [4.78, 5) is 0. The van der Waals surface area contributed by atoms with Gasteiger partial charge in [0.1, 0.15) is 0 Å². The van der Waals surface area contributed by atoms with Crippen LogP contribution in [0.25, 0.3) is 6.08 Å². The molecule has 19 heavy (non-hydrogen) atoms. The Morgan fingerprint density at radius 1 is 0.947 bits per heavy atom. The third-order valence-corrected chi connectivity index (χ3v) is 3.10. The van der Waals surface area contributed by atoms with Gasteiger partial charge in [0.2, 0.25) is 0 Å². The molecule has 0 aromatic heterocycles. The van der Waals surface area contributed by atoms with Gasteiger partial charge in [0.05, 0.1) is 0 Å². The smallest absolute Gasteiger partial charge is 0.0208 e. The third-order valence-electron chi connectivity index (χ3n) is 3.10. The lowest BCUT2D eigenvalue weighted by molar-refractivity contribution is 0.554. The molecule has 0 aliphatic carbocycles. The van der Waals surface area contributed by atoms with Gasteiger partial charge in [0, 0.05) is 12.6 Å². The van der Waals surface area contributed by atoms with Gasteiger partial charge >= 0.3 is 0 Å². The van der Waals surface area contributed by atoms with Crippen LogP contribution in [0, 0.1) is 0 Å². The van der Waals surface area contributed by atoms with Crippen molar-refractivity contribution in [3.05, 3.63) is 77.9 Å². The molecule has 1 nitrogen and oxygen atoms in total. The minimum absolute atomic E-state index is 0.486. The van der Waals surface area contributed by atoms with Gasteiger partial charge in [-0.2, -0.15) is 0 Å². The topological polar surface area (TPSA) is 12.0 Å². The van der Waals surface area contributed by atoms with Crippen LogP contribution >= 0.6 is 0 Å². The second-order valence-electron chi connectivity index (χ2n) is 4.82. The molecule has 1 N–H and O–H groups in total. The van der Waals surface area contributed by atoms with Crippen LogP contribution in [0.1, 0.15) is 24.5 Å². The molecule has 0 aliphatic rings. The number of nitrogens with one attached hydrogen (secondary N) is 1.